The highest BCUT2D eigenvalue weighted by molar-refractivity contribution is 6.33. The zero-order valence-electron chi connectivity index (χ0n) is 69.0. The Kier molecular flexibility index (Phi) is 29.2. The molecule has 0 saturated carbocycles. The van der Waals surface area contributed by atoms with Gasteiger partial charge >= 0.3 is 5.97 Å². The number of halogens is 2. The molecule has 0 aromatic heterocycles. The molecule has 0 aliphatic carbocycles. The zero-order chi connectivity index (χ0) is 91.3. The summed E-state index contributed by atoms with van der Waals surface area (Å²) in [4.78, 5) is 140. The van der Waals surface area contributed by atoms with Gasteiger partial charge in [-0.25, -0.2) is 4.79 Å². The predicted octanol–water partition coefficient (Wildman–Crippen LogP) is 3.78. The number of hydrogen-bond acceptors (Lipinski definition) is 29. The summed E-state index contributed by atoms with van der Waals surface area (Å²) >= 11 is 14.3. The minimum absolute atomic E-state index is 0.0944. The molecular formula is C87H98Cl2N10O28. The Balaban J connectivity index is 1.05. The molecule has 2 fully saturated rings. The first kappa shape index (κ1) is 92.8. The summed E-state index contributed by atoms with van der Waals surface area (Å²) in [7, 11) is 4.95. The molecule has 18 atom stereocenters. The van der Waals surface area contributed by atoms with Crippen LogP contribution in [0.4, 0.5) is 0 Å². The van der Waals surface area contributed by atoms with Crippen molar-refractivity contribution in [1.29, 1.82) is 0 Å². The summed E-state index contributed by atoms with van der Waals surface area (Å²) < 4.78 is 44.5. The number of carboxylic acids is 1. The number of nitrogens with zero attached hydrogens (tertiary/aromatic N) is 1. The number of nitrogens with one attached hydrogen (secondary N) is 9. The lowest BCUT2D eigenvalue weighted by Crippen LogP contribution is -2.66. The first-order valence-corrected chi connectivity index (χ1v) is 41.8. The Morgan fingerprint density at radius 3 is 1.92 bits per heavy atom. The van der Waals surface area contributed by atoms with Crippen LogP contribution in [0, 0.1) is 5.92 Å². The summed E-state index contributed by atoms with van der Waals surface area (Å²) in [5.74, 6) is -17.5. The van der Waals surface area contributed by atoms with E-state index in [-0.39, 0.29) is 47.8 Å². The fourth-order valence-corrected chi connectivity index (χ4v) is 16.2. The molecule has 0 unspecified atom stereocenters. The van der Waals surface area contributed by atoms with Crippen molar-refractivity contribution in [3.05, 3.63) is 164 Å². The summed E-state index contributed by atoms with van der Waals surface area (Å²) in [5.41, 5.74) is -2.68. The molecule has 0 radical (unpaired) electrons. The number of aliphatic carboxylic acids is 1. The van der Waals surface area contributed by atoms with Gasteiger partial charge < -0.3 is 147 Å². The second-order valence-corrected chi connectivity index (χ2v) is 33.1. The first-order chi connectivity index (χ1) is 60.6. The number of aliphatic hydroxyl groups is 7. The van der Waals surface area contributed by atoms with Crippen LogP contribution >= 0.6 is 23.2 Å². The summed E-state index contributed by atoms with van der Waals surface area (Å²) in [6.45, 7) is 3.56. The molecule has 40 heteroatoms. The van der Waals surface area contributed by atoms with Gasteiger partial charge in [-0.3, -0.25) is 38.4 Å². The standard InChI is InChI=1S/C87H98Cl2N10O28/c1-37(2)12-9-7-6-8-10-13-60(105)93-69-72(108)74(110)77(85(119)120)127-86(69)126-76-57-30-42-31-58(76)123-54-23-18-41(28-49(54)88)70(106)68-84(118)97-66(79(113)91-24-11-25-99(4)5)47-32-43(101)33-56(124-87-75(111)73(109)71(107)59(36-100)125-87)61(47)46-27-39(16-21-51(46)102)64(81(115)98-68)94-82(116)65(42)95-83(117)67-48-34-45(35-53(104)62(48)89)122-55-29-40(17-22-52(55)103)63(90-3)80(114)92-50(78(112)96-67)26-38-14-19-44(121-57)20-15-38/h14-23,27-35,37,50,59,63-75,77,86-87,90,100-104,106-111H,6-13,24-26,36H2,1-5H3,(H,91,113)(H,92,114)(H,93,105)(H,94,116)(H,95,117)(H,96,112)(H,97,118)(H,98,115)(H,119,120)/t50-,59-,63+,64-,65-,66+,67+,68+,69-,70-,71-,72-,73+,74+,75+,77+,86-,87+/m1/s1. The Hall–Kier alpha value is -11.9. The molecule has 15 rings (SSSR count). The van der Waals surface area contributed by atoms with Gasteiger partial charge in [-0.2, -0.15) is 0 Å². The number of aromatic hydroxyl groups is 4. The van der Waals surface area contributed by atoms with E-state index in [1.165, 1.54) is 49.5 Å². The number of phenolic OH excluding ortho intramolecular Hbond substituents is 4. The molecule has 7 aromatic carbocycles. The van der Waals surface area contributed by atoms with Gasteiger partial charge in [0.2, 0.25) is 65.6 Å². The van der Waals surface area contributed by atoms with Gasteiger partial charge in [0.1, 0.15) is 131 Å². The van der Waals surface area contributed by atoms with Crippen molar-refractivity contribution in [2.75, 3.05) is 40.8 Å². The zero-order valence-corrected chi connectivity index (χ0v) is 70.5. The number of carbonyl (C=O) groups is 9. The Morgan fingerprint density at radius 1 is 0.567 bits per heavy atom. The number of unbranched alkanes of at least 4 members (excludes halogenated alkanes) is 4. The number of ether oxygens (including phenoxy) is 7. The lowest BCUT2D eigenvalue weighted by Gasteiger charge is -2.41. The van der Waals surface area contributed by atoms with E-state index < -0.39 is 271 Å². The SMILES string of the molecule is CN[C@@H]1C(=O)N[C@@H]2Cc3ccc(cc3)Oc3cc4cc(c3O[C@@H]3O[C@H](C(=O)O)[C@@H](O)[C@H](O)[C@H]3NC(=O)CCCCCCCC(C)C)Oc3ccc(cc3Cl)[C@@H](O)[C@@H]3NC(=O)[C@H](NC(=O)[C@@H]4NC(=O)[C@@H](NC2=O)c2cc(cc(O)c2Cl)Oc2cc1ccc2O)c1ccc(O)c(c1)-c1c(O[C@H]2O[C@H](CO)[C@@H](O)[C@H](O)[C@@H]2O)cc(O)cc1[C@@H](C(=O)NCCCN(C)C)NC3=O. The fourth-order valence-electron chi connectivity index (χ4n) is 15.7. The van der Waals surface area contributed by atoms with Gasteiger partial charge in [-0.05, 0) is 153 Å². The van der Waals surface area contributed by atoms with Crippen LogP contribution in [0.3, 0.4) is 0 Å². The van der Waals surface area contributed by atoms with E-state index in [0.29, 0.717) is 30.9 Å². The second-order valence-electron chi connectivity index (χ2n) is 32.3. The first-order valence-electron chi connectivity index (χ1n) is 41.0. The Labute approximate surface area is 735 Å². The van der Waals surface area contributed by atoms with Crippen LogP contribution in [-0.4, -0.2) is 234 Å². The van der Waals surface area contributed by atoms with Crippen LogP contribution in [0.15, 0.2) is 115 Å². The molecule has 8 heterocycles. The van der Waals surface area contributed by atoms with E-state index in [0.717, 1.165) is 98.5 Å². The lowest BCUT2D eigenvalue weighted by atomic mass is 9.89. The second kappa shape index (κ2) is 40.0. The van der Waals surface area contributed by atoms with Crippen LogP contribution in [-0.2, 0) is 59.0 Å². The molecule has 678 valence electrons. The largest absolute Gasteiger partial charge is 0.508 e. The highest BCUT2D eigenvalue weighted by atomic mass is 35.5. The van der Waals surface area contributed by atoms with E-state index in [2.05, 4.69) is 61.7 Å². The maximum Gasteiger partial charge on any atom is 0.335 e. The maximum absolute atomic E-state index is 16.8. The van der Waals surface area contributed by atoms with Crippen molar-refractivity contribution in [1.82, 2.24) is 52.8 Å². The van der Waals surface area contributed by atoms with Gasteiger partial charge in [0.15, 0.2) is 29.1 Å². The molecular weight excluding hydrogens is 1700 g/mol. The van der Waals surface area contributed by atoms with Gasteiger partial charge in [-0.1, -0.05) is 99.5 Å². The number of carboxylic acid groups (broad SMARTS) is 1. The predicted molar refractivity (Wildman–Crippen MR) is 447 cm³/mol. The van der Waals surface area contributed by atoms with Crippen molar-refractivity contribution in [2.24, 2.45) is 5.92 Å². The number of likely N-dealkylation sites (N-methyl/N-ethyl adjacent to an activating group) is 1. The van der Waals surface area contributed by atoms with Crippen LogP contribution in [0.5, 0.6) is 69.0 Å². The average molecular weight is 1800 g/mol. The maximum atomic E-state index is 16.8. The third kappa shape index (κ3) is 20.9. The smallest absolute Gasteiger partial charge is 0.335 e. The van der Waals surface area contributed by atoms with Gasteiger partial charge in [0.25, 0.3) is 0 Å². The molecule has 0 spiro atoms. The number of amides is 8. The molecule has 38 nitrogen and oxygen atoms in total. The average Bonchev–Trinajstić information content (AvgIpc) is 0.744. The van der Waals surface area contributed by atoms with Crippen molar-refractivity contribution < 1.29 is 138 Å². The molecule has 8 aliphatic heterocycles. The number of carbonyl (C=O) groups excluding carboxylic acids is 8. The molecule has 7 aromatic rings. The minimum Gasteiger partial charge on any atom is -0.508 e. The molecule has 17 bridgehead atoms. The van der Waals surface area contributed by atoms with E-state index in [1.807, 2.05) is 0 Å². The van der Waals surface area contributed by atoms with Crippen molar-refractivity contribution >= 4 is 76.4 Å². The van der Waals surface area contributed by atoms with Crippen molar-refractivity contribution in [3.8, 4) is 80.1 Å². The molecule has 127 heavy (non-hydrogen) atoms. The minimum atomic E-state index is -2.45. The number of fused-ring (bicyclic) bond motifs is 14. The number of benzene rings is 7. The molecule has 8 amide bonds. The quantitative estimate of drug-likeness (QED) is 0.0455. The number of hydrogen-bond donors (Lipinski definition) is 21. The molecule has 2 saturated heterocycles. The molecule has 21 N–H and O–H groups in total. The van der Waals surface area contributed by atoms with Crippen LogP contribution in [0.25, 0.3) is 11.1 Å². The highest BCUT2D eigenvalue weighted by Crippen LogP contribution is 2.51. The number of aliphatic hydroxyl groups excluding tert-OH is 7. The third-order valence-corrected chi connectivity index (χ3v) is 23.2. The summed E-state index contributed by atoms with van der Waals surface area (Å²) in [6.07, 6.45) is -16.9. The summed E-state index contributed by atoms with van der Waals surface area (Å²) in [6, 6.07) is 5.66. The highest BCUT2D eigenvalue weighted by Gasteiger charge is 2.52. The van der Waals surface area contributed by atoms with Crippen molar-refractivity contribution in [3.63, 3.8) is 0 Å². The van der Waals surface area contributed by atoms with E-state index >= 15 is 28.8 Å². The van der Waals surface area contributed by atoms with Gasteiger partial charge in [0, 0.05) is 48.2 Å². The van der Waals surface area contributed by atoms with E-state index in [1.54, 1.807) is 19.0 Å². The van der Waals surface area contributed by atoms with Crippen molar-refractivity contribution in [2.45, 2.75) is 181 Å². The van der Waals surface area contributed by atoms with Crippen LogP contribution < -0.4 is 71.5 Å². The normalized spacial score (nSPS) is 26.0. The van der Waals surface area contributed by atoms with Crippen LogP contribution in [0.1, 0.15) is 140 Å². The lowest BCUT2D eigenvalue weighted by molar-refractivity contribution is -0.277. The van der Waals surface area contributed by atoms with Gasteiger partial charge in [0.05, 0.1) is 16.7 Å². The topological polar surface area (TPSA) is 573 Å². The number of rotatable bonds is 21. The monoisotopic (exact) mass is 1800 g/mol. The van der Waals surface area contributed by atoms with Crippen LogP contribution in [0.2, 0.25) is 10.0 Å². The van der Waals surface area contributed by atoms with Gasteiger partial charge in [-0.15, -0.1) is 0 Å². The summed E-state index contributed by atoms with van der Waals surface area (Å²) in [5, 5.41) is 161. The Bertz CT molecular complexity index is 5320. The van der Waals surface area contributed by atoms with E-state index in [4.69, 9.17) is 56.4 Å². The fraction of sp³-hybridized carbons (Fsp3) is 0.414. The third-order valence-electron chi connectivity index (χ3n) is 22.5. The van der Waals surface area contributed by atoms with E-state index in [9.17, 15) is 75.7 Å². The molecule has 8 aliphatic rings. The number of phenols is 4. The Morgan fingerprint density at radius 2 is 1.22 bits per heavy atom.